The maximum Gasteiger partial charge on any atom is 0.148 e. The maximum atomic E-state index is 6.59. The highest BCUT2D eigenvalue weighted by molar-refractivity contribution is 6.91. The lowest BCUT2D eigenvalue weighted by molar-refractivity contribution is 0.976. The van der Waals surface area contributed by atoms with Crippen LogP contribution in [-0.2, 0) is 36.3 Å². The average Bonchev–Trinajstić information content (AvgIpc) is 3.07. The first-order chi connectivity index (χ1) is 22.2. The topological polar surface area (TPSA) is 14.1 Å². The van der Waals surface area contributed by atoms with Gasteiger partial charge < -0.3 is 0 Å². The van der Waals surface area contributed by atoms with Crippen LogP contribution >= 0.6 is 0 Å². The lowest BCUT2D eigenvalue weighted by atomic mass is 10.2. The lowest BCUT2D eigenvalue weighted by Crippen LogP contribution is -2.67. The Morgan fingerprint density at radius 2 is 0.400 bits per heavy atom. The molecule has 0 N–H and O–H groups in total. The van der Waals surface area contributed by atoms with Crippen LogP contribution in [0.5, 0.6) is 0 Å². The lowest BCUT2D eigenvalue weighted by Gasteiger charge is -2.43. The summed E-state index contributed by atoms with van der Waals surface area (Å²) in [5, 5.41) is 0. The summed E-state index contributed by atoms with van der Waals surface area (Å²) in [6.45, 7) is 0. The van der Waals surface area contributed by atoms with Crippen LogP contribution in [0.4, 0.5) is 0 Å². The second-order valence-corrected chi connectivity index (χ2v) is 20.4. The molecular weight excluding hydrogens is 575 g/mol. The van der Waals surface area contributed by atoms with Gasteiger partial charge in [-0.15, -0.1) is 0 Å². The van der Waals surface area contributed by atoms with Crippen molar-refractivity contribution in [3.63, 3.8) is 0 Å². The van der Waals surface area contributed by atoms with Crippen LogP contribution in [-0.4, -0.2) is 16.5 Å². The summed E-state index contributed by atoms with van der Waals surface area (Å²) in [5.41, 5.74) is 8.43. The molecule has 0 aliphatic carbocycles. The molecule has 45 heavy (non-hydrogen) atoms. The van der Waals surface area contributed by atoms with Gasteiger partial charge in [0, 0.05) is 0 Å². The maximum absolute atomic E-state index is 6.59. The van der Waals surface area contributed by atoms with Crippen LogP contribution in [0, 0.1) is 0 Å². The zero-order chi connectivity index (χ0) is 30.6. The zero-order valence-corrected chi connectivity index (χ0v) is 28.0. The van der Waals surface area contributed by atoms with E-state index < -0.39 is 16.5 Å². The van der Waals surface area contributed by atoms with Crippen LogP contribution in [0.2, 0.25) is 0 Å². The van der Waals surface area contributed by atoms with Gasteiger partial charge in [-0.3, -0.25) is 4.65 Å². The van der Waals surface area contributed by atoms with Gasteiger partial charge in [-0.25, -0.2) is 0 Å². The fourth-order valence-corrected chi connectivity index (χ4v) is 19.6. The molecule has 223 valence electrons. The molecule has 0 amide bonds. The fourth-order valence-electron chi connectivity index (χ4n) is 6.97. The molecule has 0 heterocycles. The minimum Gasteiger partial charge on any atom is -0.292 e. The van der Waals surface area contributed by atoms with E-state index in [4.69, 9.17) is 4.65 Å². The summed E-state index contributed by atoms with van der Waals surface area (Å²) in [5.74, 6) is 0. The smallest absolute Gasteiger partial charge is 0.148 e. The van der Waals surface area contributed by atoms with Crippen LogP contribution in [0.3, 0.4) is 0 Å². The van der Waals surface area contributed by atoms with E-state index in [0.29, 0.717) is 0 Å². The highest BCUT2D eigenvalue weighted by atomic mass is 28.4. The van der Waals surface area contributed by atoms with Crippen LogP contribution < -0.4 is 4.65 Å². The highest BCUT2D eigenvalue weighted by Gasteiger charge is 2.46. The molecule has 0 saturated carbocycles. The first-order valence-corrected chi connectivity index (χ1v) is 21.3. The van der Waals surface area contributed by atoms with Gasteiger partial charge in [0.05, 0.1) is 0 Å². The van der Waals surface area contributed by atoms with E-state index in [0.717, 1.165) is 36.3 Å². The summed E-state index contributed by atoms with van der Waals surface area (Å²) in [6.07, 6.45) is 0. The minimum absolute atomic E-state index is 1.03. The molecule has 0 aliphatic rings. The summed E-state index contributed by atoms with van der Waals surface area (Å²) >= 11 is 0. The van der Waals surface area contributed by atoms with Crippen molar-refractivity contribution >= 4 is 16.5 Å². The van der Waals surface area contributed by atoms with Crippen molar-refractivity contribution in [2.45, 2.75) is 36.3 Å². The predicted molar refractivity (Wildman–Crippen MR) is 195 cm³/mol. The molecule has 0 aromatic heterocycles. The van der Waals surface area contributed by atoms with Crippen molar-refractivity contribution < 1.29 is 0 Å². The van der Waals surface area contributed by atoms with Crippen molar-refractivity contribution in [3.05, 3.63) is 215 Å². The van der Waals surface area contributed by atoms with Gasteiger partial charge in [0.1, 0.15) is 16.5 Å². The highest BCUT2D eigenvalue weighted by Crippen LogP contribution is 2.29. The summed E-state index contributed by atoms with van der Waals surface area (Å²) in [6, 6.07) is 73.2. The summed E-state index contributed by atoms with van der Waals surface area (Å²) in [7, 11) is -4.86. The molecule has 0 unspecified atom stereocenters. The van der Waals surface area contributed by atoms with Gasteiger partial charge in [-0.2, -0.15) is 0 Å². The molecule has 0 saturated heterocycles. The molecule has 0 aliphatic heterocycles. The SMILES string of the molecule is c1ccc(C[Si](Cc2ccccc2)(Cc2ccccc2)[N][Si](Cc2ccccc2)(Cc2ccccc2)Cc2ccccc2)cc1. The number of rotatable bonds is 14. The Kier molecular flexibility index (Phi) is 10.3. The van der Waals surface area contributed by atoms with Gasteiger partial charge in [0.2, 0.25) is 0 Å². The Bertz CT molecular complexity index is 1360. The third-order valence-electron chi connectivity index (χ3n) is 8.73. The van der Waals surface area contributed by atoms with Crippen LogP contribution in [0.1, 0.15) is 33.4 Å². The second-order valence-electron chi connectivity index (χ2n) is 12.5. The van der Waals surface area contributed by atoms with Crippen molar-refractivity contribution in [2.75, 3.05) is 0 Å². The Hall–Kier alpha value is -4.29. The van der Waals surface area contributed by atoms with E-state index in [1.165, 1.54) is 33.4 Å². The average molecular weight is 617 g/mol. The predicted octanol–water partition coefficient (Wildman–Crippen LogP) is 9.17. The number of benzene rings is 6. The van der Waals surface area contributed by atoms with E-state index in [-0.39, 0.29) is 0 Å². The molecule has 6 aromatic carbocycles. The Morgan fingerprint density at radius 1 is 0.244 bits per heavy atom. The van der Waals surface area contributed by atoms with Crippen molar-refractivity contribution in [3.8, 4) is 0 Å². The molecule has 0 bridgehead atoms. The van der Waals surface area contributed by atoms with E-state index in [1.807, 2.05) is 0 Å². The normalized spacial score (nSPS) is 11.7. The first-order valence-electron chi connectivity index (χ1n) is 16.2. The van der Waals surface area contributed by atoms with Crippen molar-refractivity contribution in [1.29, 1.82) is 0 Å². The third kappa shape index (κ3) is 8.89. The quantitative estimate of drug-likeness (QED) is 0.108. The molecule has 6 aromatic rings. The van der Waals surface area contributed by atoms with Crippen molar-refractivity contribution in [2.24, 2.45) is 0 Å². The fraction of sp³-hybridized carbons (Fsp3) is 0.143. The Morgan fingerprint density at radius 3 is 0.556 bits per heavy atom. The van der Waals surface area contributed by atoms with Crippen molar-refractivity contribution in [1.82, 2.24) is 4.65 Å². The summed E-state index contributed by atoms with van der Waals surface area (Å²) < 4.78 is 6.59. The van der Waals surface area contributed by atoms with Gasteiger partial charge in [-0.1, -0.05) is 182 Å². The van der Waals surface area contributed by atoms with Gasteiger partial charge in [0.25, 0.3) is 0 Å². The minimum atomic E-state index is -2.43. The third-order valence-corrected chi connectivity index (χ3v) is 18.9. The number of nitrogens with zero attached hydrogens (tertiary/aromatic N) is 1. The van der Waals surface area contributed by atoms with Crippen LogP contribution in [0.25, 0.3) is 0 Å². The largest absolute Gasteiger partial charge is 0.292 e. The monoisotopic (exact) mass is 616 g/mol. The number of hydrogen-bond acceptors (Lipinski definition) is 0. The van der Waals surface area contributed by atoms with E-state index in [9.17, 15) is 0 Å². The van der Waals surface area contributed by atoms with Gasteiger partial charge in [0.15, 0.2) is 0 Å². The second kappa shape index (κ2) is 15.1. The zero-order valence-electron chi connectivity index (χ0n) is 26.0. The molecule has 3 heteroatoms. The van der Waals surface area contributed by atoms with Gasteiger partial charge >= 0.3 is 0 Å². The molecule has 6 rings (SSSR count). The molecule has 0 spiro atoms. The molecular formula is C42H42NSi2. The van der Waals surface area contributed by atoms with E-state index in [2.05, 4.69) is 182 Å². The van der Waals surface area contributed by atoms with Gasteiger partial charge in [-0.05, 0) is 69.6 Å². The number of hydrogen-bond donors (Lipinski definition) is 0. The summed E-state index contributed by atoms with van der Waals surface area (Å²) in [4.78, 5) is 0. The molecule has 1 nitrogen and oxygen atoms in total. The molecule has 0 fully saturated rings. The van der Waals surface area contributed by atoms with E-state index in [1.54, 1.807) is 0 Å². The Balaban J connectivity index is 1.53. The standard InChI is InChI=1S/C42H42NSi2/c1-7-19-37(20-8-1)31-44(32-38-21-9-2-10-22-38,33-39-23-11-3-12-24-39)43-45(34-40-25-13-4-14-26-40,35-41-27-15-5-16-28-41)36-42-29-17-6-18-30-42/h1-30H,31-36H2. The van der Waals surface area contributed by atoms with Crippen LogP contribution in [0.15, 0.2) is 182 Å². The van der Waals surface area contributed by atoms with E-state index >= 15 is 0 Å². The molecule has 1 radical (unpaired) electrons. The molecule has 0 atom stereocenters. The first kappa shape index (κ1) is 30.7. The Labute approximate surface area is 271 Å².